The van der Waals surface area contributed by atoms with Gasteiger partial charge >= 0.3 is 0 Å². The Balaban J connectivity index is 1.87. The Morgan fingerprint density at radius 2 is 2.00 bits per heavy atom. The number of carbonyl (C=O) groups is 2. The lowest BCUT2D eigenvalue weighted by Gasteiger charge is -2.24. The van der Waals surface area contributed by atoms with Crippen LogP contribution in [0.1, 0.15) is 48.6 Å². The molecule has 0 radical (unpaired) electrons. The molecule has 1 aliphatic rings. The molecule has 1 N–H and O–H groups in total. The monoisotopic (exact) mass is 530 g/mol. The number of rotatable bonds is 8. The van der Waals surface area contributed by atoms with Crippen LogP contribution in [0.15, 0.2) is 41.8 Å². The quantitative estimate of drug-likeness (QED) is 0.428. The molecule has 1 atom stereocenters. The summed E-state index contributed by atoms with van der Waals surface area (Å²) in [6, 6.07) is 10.1. The van der Waals surface area contributed by atoms with Crippen molar-refractivity contribution in [1.29, 1.82) is 0 Å². The first kappa shape index (κ1) is 26.4. The second kappa shape index (κ2) is 11.1. The summed E-state index contributed by atoms with van der Waals surface area (Å²) in [5, 5.41) is 9.77. The third kappa shape index (κ3) is 5.66. The number of aromatic nitrogens is 2. The molecule has 3 aromatic rings. The van der Waals surface area contributed by atoms with Crippen molar-refractivity contribution in [2.24, 2.45) is 0 Å². The summed E-state index contributed by atoms with van der Waals surface area (Å²) in [6.07, 6.45) is 0.680. The number of nitrogens with one attached hydrogen (secondary N) is 1. The third-order valence-electron chi connectivity index (χ3n) is 5.82. The van der Waals surface area contributed by atoms with Crippen LogP contribution < -0.4 is 10.2 Å². The summed E-state index contributed by atoms with van der Waals surface area (Å²) in [5.74, 6) is 0.00176. The van der Waals surface area contributed by atoms with Gasteiger partial charge in [0.05, 0.1) is 22.4 Å². The highest BCUT2D eigenvalue weighted by molar-refractivity contribution is 8.00. The van der Waals surface area contributed by atoms with E-state index in [9.17, 15) is 14.0 Å². The minimum atomic E-state index is -0.358. The Labute approximate surface area is 219 Å². The van der Waals surface area contributed by atoms with E-state index in [2.05, 4.69) is 32.2 Å². The van der Waals surface area contributed by atoms with Gasteiger partial charge in [-0.05, 0) is 42.1 Å². The van der Waals surface area contributed by atoms with Gasteiger partial charge in [0.2, 0.25) is 11.8 Å². The van der Waals surface area contributed by atoms with Gasteiger partial charge in [0, 0.05) is 36.1 Å². The smallest absolute Gasteiger partial charge is 0.240 e. The topological polar surface area (TPSA) is 76.5 Å². The Hall–Kier alpha value is -2.69. The summed E-state index contributed by atoms with van der Waals surface area (Å²) in [6.45, 7) is 7.12. The lowest BCUT2D eigenvalue weighted by atomic mass is 9.88. The molecule has 2 aromatic heterocycles. The van der Waals surface area contributed by atoms with Crippen LogP contribution in [0.2, 0.25) is 0 Å². The summed E-state index contributed by atoms with van der Waals surface area (Å²) >= 11 is 3.18. The highest BCUT2D eigenvalue weighted by Crippen LogP contribution is 2.49. The van der Waals surface area contributed by atoms with Crippen molar-refractivity contribution < 1.29 is 18.7 Å². The molecule has 0 spiro atoms. The van der Waals surface area contributed by atoms with Gasteiger partial charge in [0.15, 0.2) is 0 Å². The second-order valence-electron chi connectivity index (χ2n) is 9.61. The molecule has 0 bridgehead atoms. The van der Waals surface area contributed by atoms with Crippen LogP contribution in [0.3, 0.4) is 0 Å². The van der Waals surface area contributed by atoms with Crippen LogP contribution in [-0.4, -0.2) is 54.2 Å². The van der Waals surface area contributed by atoms with Gasteiger partial charge < -0.3 is 10.1 Å². The van der Waals surface area contributed by atoms with Gasteiger partial charge in [-0.3, -0.25) is 14.5 Å². The fourth-order valence-corrected chi connectivity index (χ4v) is 6.32. The van der Waals surface area contributed by atoms with E-state index < -0.39 is 0 Å². The van der Waals surface area contributed by atoms with E-state index in [1.165, 1.54) is 17.0 Å². The zero-order valence-electron chi connectivity index (χ0n) is 20.9. The molecular formula is C26H31FN4O3S2. The average molecular weight is 531 g/mol. The van der Waals surface area contributed by atoms with Crippen LogP contribution >= 0.6 is 23.1 Å². The molecule has 192 valence electrons. The molecule has 36 heavy (non-hydrogen) atoms. The lowest BCUT2D eigenvalue weighted by Crippen LogP contribution is -2.42. The van der Waals surface area contributed by atoms with Crippen LogP contribution in [0.4, 0.5) is 10.2 Å². The molecule has 0 aliphatic carbocycles. The molecule has 1 aromatic carbocycles. The first-order chi connectivity index (χ1) is 17.2. The van der Waals surface area contributed by atoms with Crippen molar-refractivity contribution in [3.63, 3.8) is 0 Å². The SMILES string of the molecule is COCCCNC(=O)CN1C(=O)CS[C@@H](c2cccs2)c2c(C(C)(C)C)nn(-c3ccc(F)cc3)c21. The van der Waals surface area contributed by atoms with Crippen molar-refractivity contribution in [2.45, 2.75) is 37.9 Å². The Morgan fingerprint density at radius 1 is 1.25 bits per heavy atom. The molecule has 0 saturated heterocycles. The number of amides is 2. The highest BCUT2D eigenvalue weighted by Gasteiger charge is 2.40. The number of ether oxygens (including phenoxy) is 1. The molecule has 1 aliphatic heterocycles. The second-order valence-corrected chi connectivity index (χ2v) is 11.7. The van der Waals surface area contributed by atoms with E-state index in [1.54, 1.807) is 47.0 Å². The number of hydrogen-bond donors (Lipinski definition) is 1. The number of fused-ring (bicyclic) bond motifs is 1. The van der Waals surface area contributed by atoms with E-state index in [0.29, 0.717) is 31.1 Å². The van der Waals surface area contributed by atoms with Gasteiger partial charge in [0.25, 0.3) is 0 Å². The van der Waals surface area contributed by atoms with E-state index in [-0.39, 0.29) is 40.6 Å². The predicted molar refractivity (Wildman–Crippen MR) is 143 cm³/mol. The van der Waals surface area contributed by atoms with Crippen molar-refractivity contribution in [1.82, 2.24) is 15.1 Å². The summed E-state index contributed by atoms with van der Waals surface area (Å²) in [5.41, 5.74) is 2.04. The maximum Gasteiger partial charge on any atom is 0.240 e. The van der Waals surface area contributed by atoms with E-state index in [1.807, 2.05) is 11.4 Å². The van der Waals surface area contributed by atoms with Gasteiger partial charge in [-0.2, -0.15) is 5.10 Å². The van der Waals surface area contributed by atoms with E-state index in [0.717, 1.165) is 16.1 Å². The Morgan fingerprint density at radius 3 is 2.64 bits per heavy atom. The number of nitrogens with zero attached hydrogens (tertiary/aromatic N) is 3. The fourth-order valence-electron chi connectivity index (χ4n) is 4.14. The maximum absolute atomic E-state index is 13.8. The Kier molecular flexibility index (Phi) is 8.17. The summed E-state index contributed by atoms with van der Waals surface area (Å²) in [7, 11) is 1.62. The zero-order chi connectivity index (χ0) is 25.9. The van der Waals surface area contributed by atoms with Crippen LogP contribution in [0, 0.1) is 5.82 Å². The molecule has 2 amide bonds. The number of anilines is 1. The van der Waals surface area contributed by atoms with Crippen LogP contribution in [0.25, 0.3) is 5.69 Å². The van der Waals surface area contributed by atoms with Crippen molar-refractivity contribution in [2.75, 3.05) is 37.5 Å². The number of methoxy groups -OCH3 is 1. The number of carbonyl (C=O) groups excluding carboxylic acids is 2. The molecule has 0 unspecified atom stereocenters. The maximum atomic E-state index is 13.8. The highest BCUT2D eigenvalue weighted by atomic mass is 32.2. The minimum Gasteiger partial charge on any atom is -0.385 e. The van der Waals surface area contributed by atoms with Crippen molar-refractivity contribution in [3.05, 3.63) is 63.7 Å². The third-order valence-corrected chi connectivity index (χ3v) is 8.14. The molecule has 0 saturated carbocycles. The van der Waals surface area contributed by atoms with E-state index in [4.69, 9.17) is 9.84 Å². The van der Waals surface area contributed by atoms with Gasteiger partial charge in [-0.25, -0.2) is 9.07 Å². The summed E-state index contributed by atoms with van der Waals surface area (Å²) in [4.78, 5) is 29.1. The minimum absolute atomic E-state index is 0.123. The van der Waals surface area contributed by atoms with Gasteiger partial charge in [-0.1, -0.05) is 26.8 Å². The molecular weight excluding hydrogens is 499 g/mol. The first-order valence-electron chi connectivity index (χ1n) is 11.8. The number of benzene rings is 1. The van der Waals surface area contributed by atoms with Crippen molar-refractivity contribution >= 4 is 40.7 Å². The Bertz CT molecular complexity index is 1200. The molecule has 3 heterocycles. The average Bonchev–Trinajstić information content (AvgIpc) is 3.47. The number of halogens is 1. The molecule has 0 fully saturated rings. The standard InChI is InChI=1S/C26H31FN4O3S2/c1-26(2,3)24-22-23(19-7-5-14-35-19)36-16-21(33)30(15-20(32)28-12-6-13-34-4)25(22)31(29-24)18-10-8-17(27)9-11-18/h5,7-11,14,23H,6,12-13,15-16H2,1-4H3,(H,28,32)/t23-/m0/s1. The van der Waals surface area contributed by atoms with Crippen molar-refractivity contribution in [3.8, 4) is 5.69 Å². The normalized spacial score (nSPS) is 16.1. The molecule has 4 rings (SSSR count). The largest absolute Gasteiger partial charge is 0.385 e. The first-order valence-corrected chi connectivity index (χ1v) is 13.7. The van der Waals surface area contributed by atoms with Gasteiger partial charge in [0.1, 0.15) is 18.2 Å². The number of thioether (sulfide) groups is 1. The van der Waals surface area contributed by atoms with E-state index >= 15 is 0 Å². The number of thiophene rings is 1. The lowest BCUT2D eigenvalue weighted by molar-refractivity contribution is -0.122. The predicted octanol–water partition coefficient (Wildman–Crippen LogP) is 4.69. The van der Waals surface area contributed by atoms with Crippen LogP contribution in [0.5, 0.6) is 0 Å². The summed E-state index contributed by atoms with van der Waals surface area (Å²) < 4.78 is 20.5. The number of hydrogen-bond acceptors (Lipinski definition) is 6. The van der Waals surface area contributed by atoms with Gasteiger partial charge in [-0.15, -0.1) is 23.1 Å². The molecule has 7 nitrogen and oxygen atoms in total. The van der Waals surface area contributed by atoms with Crippen LogP contribution in [-0.2, 0) is 19.7 Å². The fraction of sp³-hybridized carbons (Fsp3) is 0.423. The zero-order valence-corrected chi connectivity index (χ0v) is 22.5. The molecule has 10 heteroatoms.